The lowest BCUT2D eigenvalue weighted by Crippen LogP contribution is -2.61. The van der Waals surface area contributed by atoms with E-state index in [0.717, 1.165) is 0 Å². The van der Waals surface area contributed by atoms with Crippen LogP contribution in [0.25, 0.3) is 0 Å². The molecule has 0 aromatic carbocycles. The molecule has 1 heterocycles. The Kier molecular flexibility index (Phi) is 21.7. The maximum atomic E-state index is 7.63. The Hall–Kier alpha value is 1.51. The van der Waals surface area contributed by atoms with Crippen LogP contribution in [-0.4, -0.2) is 150 Å². The molecule has 0 aromatic rings. The van der Waals surface area contributed by atoms with E-state index in [2.05, 4.69) is 177 Å². The maximum Gasteiger partial charge on any atom is 0.187 e. The second-order valence-electron chi connectivity index (χ2n) is 25.2. The summed E-state index contributed by atoms with van der Waals surface area (Å²) in [5.74, 6) is 0. The highest BCUT2D eigenvalue weighted by Crippen LogP contribution is 2.37. The molecule has 0 radical (unpaired) electrons. The molecule has 0 amide bonds. The van der Waals surface area contributed by atoms with Crippen molar-refractivity contribution in [2.24, 2.45) is 0 Å². The Bertz CT molecular complexity index is 1240. The third kappa shape index (κ3) is 26.9. The van der Waals surface area contributed by atoms with Crippen LogP contribution in [0.3, 0.4) is 0 Å². The standard InChI is InChI=1S/C39H96O11Si9/c1-51(2,3)40-28-31(34-37(48-57(19,20)21)38(49-58(22,23)24)39(44-34)50-59(25,26)27)43-32(29-41-52(4,5)6)35(46-55(13,14)15)36(47-56(16,17)18)33(45-54(10,11)12)30-42-53(7,8)9/h31-39H,28-30H2,1-27H3/t31-,32-,33+,34+,35+,36-,37+,38-,39+/m1/s1. The van der Waals surface area contributed by atoms with E-state index in [1.54, 1.807) is 0 Å². The van der Waals surface area contributed by atoms with Crippen molar-refractivity contribution in [3.8, 4) is 0 Å². The third-order valence-corrected chi connectivity index (χ3v) is 16.9. The second-order valence-corrected chi connectivity index (χ2v) is 65.5. The zero-order valence-electron chi connectivity index (χ0n) is 43.3. The third-order valence-electron chi connectivity index (χ3n) is 7.95. The molecule has 1 rings (SSSR count). The van der Waals surface area contributed by atoms with Crippen LogP contribution in [0.2, 0.25) is 177 Å². The van der Waals surface area contributed by atoms with Gasteiger partial charge in [-0.2, -0.15) is 0 Å². The van der Waals surface area contributed by atoms with Crippen LogP contribution in [-0.2, 0) is 49.3 Å². The lowest BCUT2D eigenvalue weighted by atomic mass is 10.0. The molecule has 59 heavy (non-hydrogen) atoms. The lowest BCUT2D eigenvalue weighted by molar-refractivity contribution is -0.191. The molecule has 20 heteroatoms. The quantitative estimate of drug-likeness (QED) is 0.0735. The highest BCUT2D eigenvalue weighted by atomic mass is 28.4. The Labute approximate surface area is 373 Å². The lowest BCUT2D eigenvalue weighted by Gasteiger charge is -2.46. The van der Waals surface area contributed by atoms with E-state index in [9.17, 15) is 0 Å². The number of hydrogen-bond donors (Lipinski definition) is 0. The SMILES string of the molecule is C[Si](C)(C)OC[C@H](O[Si](C)(C)C)[C@@H](O[Si](C)(C)C)[C@@H](O[Si](C)(C)C)[C@@H](CO[Si](C)(C)C)O[C@H](CO[Si](C)(C)C)[C@@H]1O[C@@H](O[Si](C)(C)C)[C@H](O[Si](C)(C)C)[C@H]1O[Si](C)(C)C. The summed E-state index contributed by atoms with van der Waals surface area (Å²) in [6.45, 7) is 60.9. The van der Waals surface area contributed by atoms with Crippen molar-refractivity contribution in [2.75, 3.05) is 19.8 Å². The van der Waals surface area contributed by atoms with E-state index in [1.165, 1.54) is 0 Å². The van der Waals surface area contributed by atoms with Crippen LogP contribution in [0.5, 0.6) is 0 Å². The van der Waals surface area contributed by atoms with Gasteiger partial charge in [-0.15, -0.1) is 0 Å². The van der Waals surface area contributed by atoms with Gasteiger partial charge in [-0.05, 0) is 177 Å². The molecule has 1 saturated heterocycles. The zero-order chi connectivity index (χ0) is 46.6. The van der Waals surface area contributed by atoms with Gasteiger partial charge in [0.25, 0.3) is 0 Å². The van der Waals surface area contributed by atoms with E-state index < -0.39 is 124 Å². The van der Waals surface area contributed by atoms with Gasteiger partial charge in [-0.25, -0.2) is 0 Å². The van der Waals surface area contributed by atoms with Crippen molar-refractivity contribution in [3.63, 3.8) is 0 Å². The molecule has 9 atom stereocenters. The van der Waals surface area contributed by atoms with Crippen molar-refractivity contribution < 1.29 is 49.3 Å². The Morgan fingerprint density at radius 3 is 1.05 bits per heavy atom. The van der Waals surface area contributed by atoms with Gasteiger partial charge in [0.2, 0.25) is 0 Å². The number of hydrogen-bond acceptors (Lipinski definition) is 11. The van der Waals surface area contributed by atoms with Crippen LogP contribution in [0.15, 0.2) is 0 Å². The molecule has 0 saturated carbocycles. The molecule has 1 aliphatic rings. The van der Waals surface area contributed by atoms with Crippen molar-refractivity contribution in [2.45, 2.75) is 232 Å². The predicted molar refractivity (Wildman–Crippen MR) is 271 cm³/mol. The summed E-state index contributed by atoms with van der Waals surface area (Å²) in [7, 11) is -19.1. The topological polar surface area (TPSA) is 102 Å². The molecule has 0 spiro atoms. The molecule has 1 aliphatic heterocycles. The van der Waals surface area contributed by atoms with Gasteiger partial charge in [0.15, 0.2) is 81.1 Å². The highest BCUT2D eigenvalue weighted by molar-refractivity contribution is 6.72. The minimum absolute atomic E-state index is 0.307. The second kappa shape index (κ2) is 21.9. The minimum atomic E-state index is -2.28. The van der Waals surface area contributed by atoms with Gasteiger partial charge in [0.1, 0.15) is 36.6 Å². The highest BCUT2D eigenvalue weighted by Gasteiger charge is 2.55. The van der Waals surface area contributed by atoms with Crippen LogP contribution in [0, 0.1) is 0 Å². The first-order chi connectivity index (χ1) is 25.8. The smallest absolute Gasteiger partial charge is 0.187 e. The van der Waals surface area contributed by atoms with Crippen LogP contribution in [0.1, 0.15) is 0 Å². The first-order valence-corrected chi connectivity index (χ1v) is 52.8. The molecule has 0 aliphatic carbocycles. The Morgan fingerprint density at radius 2 is 0.695 bits per heavy atom. The fourth-order valence-electron chi connectivity index (χ4n) is 6.29. The molecule has 0 aromatic heterocycles. The van der Waals surface area contributed by atoms with Gasteiger partial charge >= 0.3 is 0 Å². The van der Waals surface area contributed by atoms with Gasteiger partial charge in [0.05, 0.1) is 32.0 Å². The van der Waals surface area contributed by atoms with Gasteiger partial charge in [0, 0.05) is 0 Å². The molecular formula is C39H96O11Si9. The summed E-state index contributed by atoms with van der Waals surface area (Å²) in [5, 5.41) is 0. The van der Waals surface area contributed by atoms with Crippen molar-refractivity contribution in [1.82, 2.24) is 0 Å². The van der Waals surface area contributed by atoms with Gasteiger partial charge in [-0.1, -0.05) is 0 Å². The van der Waals surface area contributed by atoms with Crippen LogP contribution in [0.4, 0.5) is 0 Å². The van der Waals surface area contributed by atoms with E-state index in [4.69, 9.17) is 49.3 Å². The predicted octanol–water partition coefficient (Wildman–Crippen LogP) is 11.0. The van der Waals surface area contributed by atoms with E-state index in [1.807, 2.05) is 0 Å². The van der Waals surface area contributed by atoms with Crippen LogP contribution < -0.4 is 0 Å². The molecular weight excluding hydrogens is 897 g/mol. The van der Waals surface area contributed by atoms with E-state index >= 15 is 0 Å². The molecule has 0 unspecified atom stereocenters. The van der Waals surface area contributed by atoms with Gasteiger partial charge in [-0.3, -0.25) is 0 Å². The molecule has 1 fully saturated rings. The first-order valence-electron chi connectivity index (χ1n) is 22.1. The molecule has 11 nitrogen and oxygen atoms in total. The van der Waals surface area contributed by atoms with Crippen LogP contribution >= 0.6 is 0 Å². The average molecular weight is 994 g/mol. The Morgan fingerprint density at radius 1 is 0.356 bits per heavy atom. The van der Waals surface area contributed by atoms with Crippen molar-refractivity contribution >= 4 is 74.9 Å². The van der Waals surface area contributed by atoms with Crippen molar-refractivity contribution in [3.05, 3.63) is 0 Å². The number of rotatable bonds is 27. The summed E-state index contributed by atoms with van der Waals surface area (Å²) in [6.07, 6.45) is -4.60. The first kappa shape index (κ1) is 58.5. The summed E-state index contributed by atoms with van der Waals surface area (Å²) >= 11 is 0. The molecule has 0 bridgehead atoms. The summed E-state index contributed by atoms with van der Waals surface area (Å²) in [6, 6.07) is 0. The zero-order valence-corrected chi connectivity index (χ0v) is 52.3. The minimum Gasteiger partial charge on any atom is -0.415 e. The van der Waals surface area contributed by atoms with E-state index in [0.29, 0.717) is 19.8 Å². The van der Waals surface area contributed by atoms with Gasteiger partial charge < -0.3 is 49.3 Å². The summed E-state index contributed by atoms with van der Waals surface area (Å²) in [4.78, 5) is 0. The fraction of sp³-hybridized carbons (Fsp3) is 1.00. The maximum absolute atomic E-state index is 7.63. The molecule has 354 valence electrons. The fourth-order valence-corrected chi connectivity index (χ4v) is 14.6. The Balaban J connectivity index is 4.29. The number of ether oxygens (including phenoxy) is 2. The van der Waals surface area contributed by atoms with Crippen molar-refractivity contribution in [1.29, 1.82) is 0 Å². The average Bonchev–Trinajstić information content (AvgIpc) is 3.21. The summed E-state index contributed by atoms with van der Waals surface area (Å²) < 4.78 is 78.0. The monoisotopic (exact) mass is 992 g/mol. The largest absolute Gasteiger partial charge is 0.415 e. The summed E-state index contributed by atoms with van der Waals surface area (Å²) in [5.41, 5.74) is 0. The molecule has 0 N–H and O–H groups in total. The normalized spacial score (nSPS) is 23.6. The van der Waals surface area contributed by atoms with E-state index in [-0.39, 0.29) is 6.10 Å².